The number of carboxylic acid groups (broad SMARTS) is 1. The third kappa shape index (κ3) is 1.68. The maximum Gasteiger partial charge on any atom is 0.356 e. The van der Waals surface area contributed by atoms with Gasteiger partial charge in [0.25, 0.3) is 0 Å². The van der Waals surface area contributed by atoms with E-state index in [1.165, 1.54) is 23.1 Å². The van der Waals surface area contributed by atoms with E-state index in [0.29, 0.717) is 17.7 Å². The molecule has 0 aliphatic carbocycles. The molecular formula is C10H7N3O3. The molecule has 0 atom stereocenters. The molecule has 1 N–H and O–H groups in total. The van der Waals surface area contributed by atoms with Gasteiger partial charge in [-0.1, -0.05) is 0 Å². The van der Waals surface area contributed by atoms with Crippen LogP contribution in [0.2, 0.25) is 0 Å². The maximum atomic E-state index is 10.7. The van der Waals surface area contributed by atoms with Gasteiger partial charge >= 0.3 is 5.97 Å². The number of rotatable bonds is 3. The van der Waals surface area contributed by atoms with Gasteiger partial charge in [0.1, 0.15) is 0 Å². The van der Waals surface area contributed by atoms with Crippen LogP contribution in [0.25, 0.3) is 5.82 Å². The van der Waals surface area contributed by atoms with Crippen LogP contribution in [0.3, 0.4) is 0 Å². The first-order valence-corrected chi connectivity index (χ1v) is 4.42. The number of aldehydes is 1. The van der Waals surface area contributed by atoms with Gasteiger partial charge in [0.05, 0.1) is 5.56 Å². The van der Waals surface area contributed by atoms with Crippen molar-refractivity contribution in [1.29, 1.82) is 0 Å². The molecule has 0 radical (unpaired) electrons. The molecule has 0 aliphatic rings. The minimum absolute atomic E-state index is 0.0949. The third-order valence-electron chi connectivity index (χ3n) is 1.97. The monoisotopic (exact) mass is 217 g/mol. The summed E-state index contributed by atoms with van der Waals surface area (Å²) in [6.07, 6.45) is 3.59. The van der Waals surface area contributed by atoms with E-state index in [1.807, 2.05) is 0 Å². The highest BCUT2D eigenvalue weighted by Crippen LogP contribution is 2.08. The Morgan fingerprint density at radius 3 is 2.88 bits per heavy atom. The molecule has 0 saturated carbocycles. The second-order valence-electron chi connectivity index (χ2n) is 2.98. The van der Waals surface area contributed by atoms with Crippen molar-refractivity contribution in [2.24, 2.45) is 0 Å². The summed E-state index contributed by atoms with van der Waals surface area (Å²) in [6, 6.07) is 4.54. The molecule has 0 unspecified atom stereocenters. The number of pyridine rings is 1. The second-order valence-corrected chi connectivity index (χ2v) is 2.98. The minimum atomic E-state index is -1.12. The van der Waals surface area contributed by atoms with Gasteiger partial charge in [-0.15, -0.1) is 0 Å². The number of carbonyl (C=O) groups is 2. The Kier molecular flexibility index (Phi) is 2.47. The minimum Gasteiger partial charge on any atom is -0.476 e. The number of aromatic nitrogens is 3. The molecule has 2 rings (SSSR count). The topological polar surface area (TPSA) is 85.1 Å². The van der Waals surface area contributed by atoms with Crippen molar-refractivity contribution in [3.05, 3.63) is 41.9 Å². The largest absolute Gasteiger partial charge is 0.476 e. The molecule has 2 aromatic heterocycles. The summed E-state index contributed by atoms with van der Waals surface area (Å²) in [4.78, 5) is 25.3. The maximum absolute atomic E-state index is 10.7. The normalized spacial score (nSPS) is 10.0. The highest BCUT2D eigenvalue weighted by atomic mass is 16.4. The molecule has 2 aromatic rings. The highest BCUT2D eigenvalue weighted by molar-refractivity contribution is 5.85. The Balaban J connectivity index is 2.50. The molecule has 16 heavy (non-hydrogen) atoms. The number of aromatic carboxylic acids is 1. The molecule has 0 aromatic carbocycles. The predicted octanol–water partition coefficient (Wildman–Crippen LogP) is 0.778. The summed E-state index contributed by atoms with van der Waals surface area (Å²) in [7, 11) is 0. The van der Waals surface area contributed by atoms with Crippen LogP contribution >= 0.6 is 0 Å². The fourth-order valence-corrected chi connectivity index (χ4v) is 1.25. The quantitative estimate of drug-likeness (QED) is 0.768. The van der Waals surface area contributed by atoms with Gasteiger partial charge < -0.3 is 5.11 Å². The van der Waals surface area contributed by atoms with Gasteiger partial charge in [0.15, 0.2) is 17.8 Å². The Bertz CT molecular complexity index is 548. The van der Waals surface area contributed by atoms with Gasteiger partial charge in [0.2, 0.25) is 0 Å². The number of hydrogen-bond donors (Lipinski definition) is 1. The van der Waals surface area contributed by atoms with Crippen molar-refractivity contribution >= 4 is 12.3 Å². The summed E-state index contributed by atoms with van der Waals surface area (Å²) in [5.74, 6) is -0.813. The average Bonchev–Trinajstić information content (AvgIpc) is 2.78. The smallest absolute Gasteiger partial charge is 0.356 e. The zero-order valence-electron chi connectivity index (χ0n) is 8.07. The molecule has 0 saturated heterocycles. The van der Waals surface area contributed by atoms with Crippen LogP contribution in [0.5, 0.6) is 0 Å². The zero-order valence-corrected chi connectivity index (χ0v) is 8.07. The van der Waals surface area contributed by atoms with Crippen LogP contribution in [0, 0.1) is 0 Å². The second kappa shape index (κ2) is 3.93. The summed E-state index contributed by atoms with van der Waals surface area (Å²) in [5, 5.41) is 12.5. The highest BCUT2D eigenvalue weighted by Gasteiger charge is 2.10. The van der Waals surface area contributed by atoms with E-state index in [0.717, 1.165) is 0 Å². The van der Waals surface area contributed by atoms with Gasteiger partial charge in [-0.05, 0) is 18.2 Å². The fourth-order valence-electron chi connectivity index (χ4n) is 1.25. The van der Waals surface area contributed by atoms with Crippen LogP contribution < -0.4 is 0 Å². The van der Waals surface area contributed by atoms with E-state index < -0.39 is 5.97 Å². The number of nitrogens with zero attached hydrogens (tertiary/aromatic N) is 3. The fraction of sp³-hybridized carbons (Fsp3) is 0. The first kappa shape index (κ1) is 10.0. The summed E-state index contributed by atoms with van der Waals surface area (Å²) >= 11 is 0. The lowest BCUT2D eigenvalue weighted by atomic mass is 10.3. The number of carboxylic acids is 1. The van der Waals surface area contributed by atoms with Crippen LogP contribution in [0.1, 0.15) is 20.8 Å². The molecule has 0 spiro atoms. The van der Waals surface area contributed by atoms with E-state index in [-0.39, 0.29) is 5.69 Å². The summed E-state index contributed by atoms with van der Waals surface area (Å²) in [5.41, 5.74) is 0.255. The Hall–Kier alpha value is -2.50. The van der Waals surface area contributed by atoms with Crippen LogP contribution in [-0.2, 0) is 0 Å². The van der Waals surface area contributed by atoms with Gasteiger partial charge in [-0.2, -0.15) is 5.10 Å². The Morgan fingerprint density at radius 2 is 2.25 bits per heavy atom. The van der Waals surface area contributed by atoms with Crippen molar-refractivity contribution < 1.29 is 14.7 Å². The van der Waals surface area contributed by atoms with E-state index in [1.54, 1.807) is 12.1 Å². The Morgan fingerprint density at radius 1 is 1.44 bits per heavy atom. The van der Waals surface area contributed by atoms with Crippen molar-refractivity contribution in [3.8, 4) is 5.82 Å². The molecule has 6 heteroatoms. The first-order chi connectivity index (χ1) is 7.72. The lowest BCUT2D eigenvalue weighted by molar-refractivity contribution is 0.0690. The molecule has 6 nitrogen and oxygen atoms in total. The molecule has 2 heterocycles. The Labute approximate surface area is 90.2 Å². The van der Waals surface area contributed by atoms with E-state index in [2.05, 4.69) is 10.1 Å². The van der Waals surface area contributed by atoms with E-state index in [9.17, 15) is 9.59 Å². The standard InChI is InChI=1S/C10H7N3O3/c14-6-7-2-1-4-11-9(7)13-5-3-8(12-13)10(15)16/h1-6H,(H,15,16). The number of carbonyl (C=O) groups excluding carboxylic acids is 1. The molecule has 0 aliphatic heterocycles. The SMILES string of the molecule is O=Cc1cccnc1-n1ccc(C(=O)O)n1. The molecule has 0 fully saturated rings. The van der Waals surface area contributed by atoms with Crippen LogP contribution in [-0.4, -0.2) is 32.1 Å². The third-order valence-corrected chi connectivity index (χ3v) is 1.97. The van der Waals surface area contributed by atoms with Crippen molar-refractivity contribution in [3.63, 3.8) is 0 Å². The van der Waals surface area contributed by atoms with Crippen molar-refractivity contribution in [2.75, 3.05) is 0 Å². The number of hydrogen-bond acceptors (Lipinski definition) is 4. The van der Waals surface area contributed by atoms with E-state index in [4.69, 9.17) is 5.11 Å². The summed E-state index contributed by atoms with van der Waals surface area (Å²) < 4.78 is 1.26. The molecule has 0 amide bonds. The van der Waals surface area contributed by atoms with Gasteiger partial charge in [-0.25, -0.2) is 14.5 Å². The van der Waals surface area contributed by atoms with E-state index >= 15 is 0 Å². The summed E-state index contributed by atoms with van der Waals surface area (Å²) in [6.45, 7) is 0. The predicted molar refractivity (Wildman–Crippen MR) is 53.7 cm³/mol. The average molecular weight is 217 g/mol. The van der Waals surface area contributed by atoms with Gasteiger partial charge in [-0.3, -0.25) is 4.79 Å². The lowest BCUT2D eigenvalue weighted by Gasteiger charge is -2.01. The zero-order chi connectivity index (χ0) is 11.5. The van der Waals surface area contributed by atoms with Crippen molar-refractivity contribution in [2.45, 2.75) is 0 Å². The van der Waals surface area contributed by atoms with Gasteiger partial charge in [0, 0.05) is 12.4 Å². The van der Waals surface area contributed by atoms with Crippen molar-refractivity contribution in [1.82, 2.24) is 14.8 Å². The van der Waals surface area contributed by atoms with Crippen LogP contribution in [0.4, 0.5) is 0 Å². The molecule has 80 valence electrons. The molecule has 0 bridgehead atoms. The van der Waals surface area contributed by atoms with Crippen LogP contribution in [0.15, 0.2) is 30.6 Å². The first-order valence-electron chi connectivity index (χ1n) is 4.42. The molecular weight excluding hydrogens is 210 g/mol. The lowest BCUT2D eigenvalue weighted by Crippen LogP contribution is -2.05.